The number of nitrogens with one attached hydrogen (secondary N) is 2. The molecule has 0 aliphatic carbocycles. The molecule has 0 unspecified atom stereocenters. The summed E-state index contributed by atoms with van der Waals surface area (Å²) in [6, 6.07) is 3.36. The number of furan rings is 1. The number of carbonyl (C=O) groups excluding carboxylic acids is 2. The summed E-state index contributed by atoms with van der Waals surface area (Å²) in [6.45, 7) is 11.2. The average molecular weight is 335 g/mol. The van der Waals surface area contributed by atoms with Gasteiger partial charge in [0.05, 0.1) is 6.04 Å². The fraction of sp³-hybridized carbons (Fsp3) is 0.667. The summed E-state index contributed by atoms with van der Waals surface area (Å²) in [5.41, 5.74) is -0.179. The van der Waals surface area contributed by atoms with Gasteiger partial charge in [0.25, 0.3) is 0 Å². The lowest BCUT2D eigenvalue weighted by molar-refractivity contribution is -0.129. The van der Waals surface area contributed by atoms with E-state index < -0.39 is 0 Å². The first kappa shape index (κ1) is 18.4. The molecule has 0 aromatic carbocycles. The molecule has 1 aliphatic heterocycles. The molecule has 6 nitrogen and oxygen atoms in total. The first-order valence-corrected chi connectivity index (χ1v) is 8.62. The van der Waals surface area contributed by atoms with Gasteiger partial charge < -0.3 is 20.0 Å². The van der Waals surface area contributed by atoms with Crippen LogP contribution in [0.1, 0.15) is 58.1 Å². The number of carbonyl (C=O) groups is 2. The normalized spacial score (nSPS) is 19.2. The number of hydrogen-bond acceptors (Lipinski definition) is 3. The molecular weight excluding hydrogens is 306 g/mol. The Morgan fingerprint density at radius 1 is 1.38 bits per heavy atom. The molecule has 0 spiro atoms. The molecule has 2 heterocycles. The summed E-state index contributed by atoms with van der Waals surface area (Å²) < 4.78 is 5.71. The second-order valence-electron chi connectivity index (χ2n) is 7.54. The Bertz CT molecular complexity index is 589. The van der Waals surface area contributed by atoms with E-state index in [0.717, 1.165) is 17.9 Å². The van der Waals surface area contributed by atoms with Gasteiger partial charge in [-0.3, -0.25) is 4.79 Å². The van der Waals surface area contributed by atoms with Crippen molar-refractivity contribution in [2.75, 3.05) is 13.1 Å². The van der Waals surface area contributed by atoms with Gasteiger partial charge >= 0.3 is 6.03 Å². The Balaban J connectivity index is 1.95. The first-order valence-electron chi connectivity index (χ1n) is 8.62. The quantitative estimate of drug-likeness (QED) is 0.888. The minimum atomic E-state index is -0.222. The molecule has 0 saturated carbocycles. The third-order valence-corrected chi connectivity index (χ3v) is 4.37. The van der Waals surface area contributed by atoms with Crippen molar-refractivity contribution in [2.24, 2.45) is 5.41 Å². The number of urea groups is 1. The number of nitrogens with zero attached hydrogens (tertiary/aromatic N) is 1. The fourth-order valence-electron chi connectivity index (χ4n) is 3.01. The highest BCUT2D eigenvalue weighted by Gasteiger charge is 2.32. The molecule has 2 atom stereocenters. The highest BCUT2D eigenvalue weighted by Crippen LogP contribution is 2.33. The summed E-state index contributed by atoms with van der Waals surface area (Å²) in [4.78, 5) is 25.9. The monoisotopic (exact) mass is 335 g/mol. The first-order chi connectivity index (χ1) is 11.2. The summed E-state index contributed by atoms with van der Waals surface area (Å²) in [6.07, 6.45) is 1.29. The van der Waals surface area contributed by atoms with Gasteiger partial charge in [0.1, 0.15) is 11.5 Å². The maximum Gasteiger partial charge on any atom is 0.315 e. The van der Waals surface area contributed by atoms with Gasteiger partial charge in [-0.25, -0.2) is 4.79 Å². The van der Waals surface area contributed by atoms with Crippen LogP contribution in [0.25, 0.3) is 0 Å². The van der Waals surface area contributed by atoms with Crippen molar-refractivity contribution in [3.63, 3.8) is 0 Å². The molecule has 1 aromatic rings. The summed E-state index contributed by atoms with van der Waals surface area (Å²) in [5.74, 6) is 1.72. The average Bonchev–Trinajstić information content (AvgIpc) is 3.12. The molecule has 1 fully saturated rings. The number of amides is 3. The van der Waals surface area contributed by atoms with Crippen molar-refractivity contribution >= 4 is 11.9 Å². The number of aryl methyl sites for hydroxylation is 1. The van der Waals surface area contributed by atoms with Crippen LogP contribution >= 0.6 is 0 Å². The highest BCUT2D eigenvalue weighted by atomic mass is 16.3. The standard InChI is InChI=1S/C18H29N3O3/c1-6-15(22)21-10-9-13(11-21)19-17(23)20-16(18(3,4)5)14-8-7-12(2)24-14/h7-8,13,16H,6,9-11H2,1-5H3,(H2,19,20,23)/t13-,16-/m1/s1. The highest BCUT2D eigenvalue weighted by molar-refractivity contribution is 5.77. The second kappa shape index (κ2) is 7.28. The van der Waals surface area contributed by atoms with E-state index in [9.17, 15) is 9.59 Å². The largest absolute Gasteiger partial charge is 0.464 e. The number of hydrogen-bond donors (Lipinski definition) is 2. The second-order valence-corrected chi connectivity index (χ2v) is 7.54. The van der Waals surface area contributed by atoms with Crippen LogP contribution < -0.4 is 10.6 Å². The maximum absolute atomic E-state index is 12.4. The van der Waals surface area contributed by atoms with Crippen LogP contribution in [0, 0.1) is 12.3 Å². The zero-order chi connectivity index (χ0) is 17.9. The van der Waals surface area contributed by atoms with Crippen molar-refractivity contribution in [3.8, 4) is 0 Å². The van der Waals surface area contributed by atoms with Gasteiger partial charge in [-0.15, -0.1) is 0 Å². The Morgan fingerprint density at radius 2 is 2.08 bits per heavy atom. The van der Waals surface area contributed by atoms with E-state index in [1.54, 1.807) is 0 Å². The smallest absolute Gasteiger partial charge is 0.315 e. The lowest BCUT2D eigenvalue weighted by Gasteiger charge is -2.30. The molecule has 1 aromatic heterocycles. The third-order valence-electron chi connectivity index (χ3n) is 4.37. The predicted molar refractivity (Wildman–Crippen MR) is 92.6 cm³/mol. The van der Waals surface area contributed by atoms with Gasteiger partial charge in [0, 0.05) is 25.6 Å². The van der Waals surface area contributed by atoms with E-state index in [1.165, 1.54) is 0 Å². The topological polar surface area (TPSA) is 74.6 Å². The van der Waals surface area contributed by atoms with Crippen LogP contribution in [0.2, 0.25) is 0 Å². The summed E-state index contributed by atoms with van der Waals surface area (Å²) >= 11 is 0. The van der Waals surface area contributed by atoms with E-state index in [2.05, 4.69) is 31.4 Å². The lowest BCUT2D eigenvalue weighted by atomic mass is 9.85. The Kier molecular flexibility index (Phi) is 5.57. The molecule has 134 valence electrons. The zero-order valence-corrected chi connectivity index (χ0v) is 15.3. The Hall–Kier alpha value is -1.98. The molecule has 6 heteroatoms. The molecule has 0 radical (unpaired) electrons. The molecule has 3 amide bonds. The molecular formula is C18H29N3O3. The number of likely N-dealkylation sites (tertiary alicyclic amines) is 1. The van der Waals surface area contributed by atoms with Crippen LogP contribution in [-0.4, -0.2) is 36.0 Å². The van der Waals surface area contributed by atoms with Crippen LogP contribution in [0.5, 0.6) is 0 Å². The van der Waals surface area contributed by atoms with Crippen LogP contribution in [0.3, 0.4) is 0 Å². The Labute approximate surface area is 144 Å². The fourth-order valence-corrected chi connectivity index (χ4v) is 3.01. The molecule has 2 N–H and O–H groups in total. The zero-order valence-electron chi connectivity index (χ0n) is 15.3. The minimum Gasteiger partial charge on any atom is -0.464 e. The van der Waals surface area contributed by atoms with Gasteiger partial charge in [-0.05, 0) is 30.9 Å². The SMILES string of the molecule is CCC(=O)N1CC[C@@H](NC(=O)N[C@H](c2ccc(C)o2)C(C)(C)C)C1. The molecule has 0 bridgehead atoms. The third kappa shape index (κ3) is 4.52. The predicted octanol–water partition coefficient (Wildman–Crippen LogP) is 2.99. The molecule has 1 saturated heterocycles. The van der Waals surface area contributed by atoms with Gasteiger partial charge in [0.2, 0.25) is 5.91 Å². The van der Waals surface area contributed by atoms with Gasteiger partial charge in [-0.2, -0.15) is 0 Å². The minimum absolute atomic E-state index is 0.000504. The van der Waals surface area contributed by atoms with Gasteiger partial charge in [-0.1, -0.05) is 27.7 Å². The van der Waals surface area contributed by atoms with Crippen LogP contribution in [0.15, 0.2) is 16.5 Å². The van der Waals surface area contributed by atoms with Crippen LogP contribution in [0.4, 0.5) is 4.79 Å². The number of rotatable bonds is 4. The van der Waals surface area contributed by atoms with E-state index in [-0.39, 0.29) is 29.4 Å². The summed E-state index contributed by atoms with van der Waals surface area (Å²) in [5, 5.41) is 6.01. The van der Waals surface area contributed by atoms with E-state index >= 15 is 0 Å². The van der Waals surface area contributed by atoms with Crippen molar-refractivity contribution in [2.45, 2.75) is 59.5 Å². The van der Waals surface area contributed by atoms with Crippen molar-refractivity contribution in [1.29, 1.82) is 0 Å². The van der Waals surface area contributed by atoms with Crippen molar-refractivity contribution in [1.82, 2.24) is 15.5 Å². The van der Waals surface area contributed by atoms with Gasteiger partial charge in [0.15, 0.2) is 0 Å². The summed E-state index contributed by atoms with van der Waals surface area (Å²) in [7, 11) is 0. The molecule has 1 aliphatic rings. The van der Waals surface area contributed by atoms with E-state index in [1.807, 2.05) is 30.9 Å². The van der Waals surface area contributed by atoms with Crippen LogP contribution in [-0.2, 0) is 4.79 Å². The van der Waals surface area contributed by atoms with E-state index in [4.69, 9.17) is 4.42 Å². The molecule has 2 rings (SSSR count). The van der Waals surface area contributed by atoms with Crippen molar-refractivity contribution in [3.05, 3.63) is 23.7 Å². The Morgan fingerprint density at radius 3 is 2.62 bits per heavy atom. The maximum atomic E-state index is 12.4. The lowest BCUT2D eigenvalue weighted by Crippen LogP contribution is -2.47. The van der Waals surface area contributed by atoms with Crippen molar-refractivity contribution < 1.29 is 14.0 Å². The molecule has 24 heavy (non-hydrogen) atoms. The van der Waals surface area contributed by atoms with E-state index in [0.29, 0.717) is 19.5 Å².